The summed E-state index contributed by atoms with van der Waals surface area (Å²) in [5.41, 5.74) is 1.75. The van der Waals surface area contributed by atoms with Crippen LogP contribution in [0.5, 0.6) is 0 Å². The molecule has 3 nitrogen and oxygen atoms in total. The SMILES string of the molecule is CNc1cc(C2CC2(C)C)[nH]n1. The van der Waals surface area contributed by atoms with E-state index in [-0.39, 0.29) is 0 Å². The monoisotopic (exact) mass is 165 g/mol. The van der Waals surface area contributed by atoms with E-state index in [9.17, 15) is 0 Å². The van der Waals surface area contributed by atoms with E-state index < -0.39 is 0 Å². The zero-order valence-electron chi connectivity index (χ0n) is 7.81. The van der Waals surface area contributed by atoms with Gasteiger partial charge in [0.25, 0.3) is 0 Å². The molecular weight excluding hydrogens is 150 g/mol. The topological polar surface area (TPSA) is 40.7 Å². The predicted octanol–water partition coefficient (Wildman–Crippen LogP) is 1.96. The van der Waals surface area contributed by atoms with Crippen molar-refractivity contribution in [1.82, 2.24) is 10.2 Å². The number of aromatic amines is 1. The second kappa shape index (κ2) is 2.25. The predicted molar refractivity (Wildman–Crippen MR) is 49.3 cm³/mol. The maximum absolute atomic E-state index is 4.13. The van der Waals surface area contributed by atoms with E-state index in [1.807, 2.05) is 7.05 Å². The molecule has 1 heterocycles. The highest BCUT2D eigenvalue weighted by molar-refractivity contribution is 5.37. The van der Waals surface area contributed by atoms with Gasteiger partial charge >= 0.3 is 0 Å². The van der Waals surface area contributed by atoms with Gasteiger partial charge in [0.15, 0.2) is 0 Å². The molecule has 2 rings (SSSR count). The molecule has 1 aliphatic carbocycles. The van der Waals surface area contributed by atoms with E-state index in [0.717, 1.165) is 5.82 Å². The summed E-state index contributed by atoms with van der Waals surface area (Å²) in [5, 5.41) is 10.2. The number of hydrogen-bond donors (Lipinski definition) is 2. The van der Waals surface area contributed by atoms with Crippen molar-refractivity contribution >= 4 is 5.82 Å². The summed E-state index contributed by atoms with van der Waals surface area (Å²) in [4.78, 5) is 0. The Kier molecular flexibility index (Phi) is 1.43. The van der Waals surface area contributed by atoms with Crippen LogP contribution in [0.1, 0.15) is 31.9 Å². The Hall–Kier alpha value is -0.990. The molecule has 0 spiro atoms. The number of rotatable bonds is 2. The van der Waals surface area contributed by atoms with Gasteiger partial charge in [-0.15, -0.1) is 0 Å². The molecule has 0 bridgehead atoms. The molecule has 0 amide bonds. The summed E-state index contributed by atoms with van der Waals surface area (Å²) in [6.07, 6.45) is 1.28. The van der Waals surface area contributed by atoms with Gasteiger partial charge in [0.1, 0.15) is 5.82 Å². The highest BCUT2D eigenvalue weighted by atomic mass is 15.2. The molecule has 0 radical (unpaired) electrons. The lowest BCUT2D eigenvalue weighted by molar-refractivity contribution is 0.615. The van der Waals surface area contributed by atoms with Crippen LogP contribution >= 0.6 is 0 Å². The Balaban J connectivity index is 2.15. The van der Waals surface area contributed by atoms with Gasteiger partial charge in [-0.2, -0.15) is 5.10 Å². The highest BCUT2D eigenvalue weighted by Gasteiger charge is 2.47. The Morgan fingerprint density at radius 2 is 2.33 bits per heavy atom. The van der Waals surface area contributed by atoms with Crippen LogP contribution in [0, 0.1) is 5.41 Å². The zero-order valence-corrected chi connectivity index (χ0v) is 7.81. The number of hydrogen-bond acceptors (Lipinski definition) is 2. The van der Waals surface area contributed by atoms with E-state index in [0.29, 0.717) is 11.3 Å². The second-order valence-electron chi connectivity index (χ2n) is 4.20. The summed E-state index contributed by atoms with van der Waals surface area (Å²) in [7, 11) is 1.89. The van der Waals surface area contributed by atoms with Crippen LogP contribution in [0.2, 0.25) is 0 Å². The first-order chi connectivity index (χ1) is 5.63. The van der Waals surface area contributed by atoms with Crippen molar-refractivity contribution in [1.29, 1.82) is 0 Å². The molecular formula is C9H15N3. The average molecular weight is 165 g/mol. The Morgan fingerprint density at radius 1 is 1.67 bits per heavy atom. The molecule has 1 aromatic rings. The molecule has 1 fully saturated rings. The van der Waals surface area contributed by atoms with Gasteiger partial charge < -0.3 is 5.32 Å². The smallest absolute Gasteiger partial charge is 0.147 e. The van der Waals surface area contributed by atoms with Crippen molar-refractivity contribution in [3.05, 3.63) is 11.8 Å². The summed E-state index contributed by atoms with van der Waals surface area (Å²) < 4.78 is 0. The van der Waals surface area contributed by atoms with Crippen LogP contribution in [0.3, 0.4) is 0 Å². The van der Waals surface area contributed by atoms with Crippen LogP contribution in [-0.4, -0.2) is 17.2 Å². The molecule has 3 heteroatoms. The lowest BCUT2D eigenvalue weighted by Gasteiger charge is -1.98. The van der Waals surface area contributed by atoms with Gasteiger partial charge in [0, 0.05) is 24.7 Å². The minimum Gasteiger partial charge on any atom is -0.372 e. The van der Waals surface area contributed by atoms with Crippen molar-refractivity contribution in [2.24, 2.45) is 5.41 Å². The van der Waals surface area contributed by atoms with Crippen molar-refractivity contribution in [2.45, 2.75) is 26.2 Å². The molecule has 1 aliphatic rings. The van der Waals surface area contributed by atoms with Crippen molar-refractivity contribution < 1.29 is 0 Å². The first-order valence-corrected chi connectivity index (χ1v) is 4.36. The van der Waals surface area contributed by atoms with E-state index >= 15 is 0 Å². The van der Waals surface area contributed by atoms with Crippen molar-refractivity contribution in [2.75, 3.05) is 12.4 Å². The molecule has 66 valence electrons. The normalized spacial score (nSPS) is 25.4. The molecule has 1 aromatic heterocycles. The number of nitrogens with zero attached hydrogens (tertiary/aromatic N) is 1. The summed E-state index contributed by atoms with van der Waals surface area (Å²) >= 11 is 0. The Labute approximate surface area is 72.6 Å². The lowest BCUT2D eigenvalue weighted by atomic mass is 10.1. The number of anilines is 1. The Morgan fingerprint density at radius 3 is 2.75 bits per heavy atom. The summed E-state index contributed by atoms with van der Waals surface area (Å²) in [6.45, 7) is 4.58. The fourth-order valence-electron chi connectivity index (χ4n) is 1.64. The minimum atomic E-state index is 0.484. The lowest BCUT2D eigenvalue weighted by Crippen LogP contribution is -1.89. The summed E-state index contributed by atoms with van der Waals surface area (Å²) in [6, 6.07) is 2.10. The second-order valence-corrected chi connectivity index (χ2v) is 4.20. The standard InChI is InChI=1S/C9H15N3/c1-9(2)5-6(9)7-4-8(10-3)12-11-7/h4,6H,5H2,1-3H3,(H2,10,11,12). The van der Waals surface area contributed by atoms with Crippen LogP contribution in [0.15, 0.2) is 6.07 Å². The van der Waals surface area contributed by atoms with Gasteiger partial charge in [-0.1, -0.05) is 13.8 Å². The molecule has 0 aliphatic heterocycles. The van der Waals surface area contributed by atoms with Crippen molar-refractivity contribution in [3.63, 3.8) is 0 Å². The molecule has 2 N–H and O–H groups in total. The number of H-pyrrole nitrogens is 1. The molecule has 0 aromatic carbocycles. The van der Waals surface area contributed by atoms with Crippen LogP contribution < -0.4 is 5.32 Å². The van der Waals surface area contributed by atoms with E-state index in [1.54, 1.807) is 0 Å². The zero-order chi connectivity index (χ0) is 8.77. The van der Waals surface area contributed by atoms with Crippen molar-refractivity contribution in [3.8, 4) is 0 Å². The van der Waals surface area contributed by atoms with Crippen LogP contribution in [-0.2, 0) is 0 Å². The minimum absolute atomic E-state index is 0.484. The molecule has 1 saturated carbocycles. The van der Waals surface area contributed by atoms with E-state index in [4.69, 9.17) is 0 Å². The van der Waals surface area contributed by atoms with Gasteiger partial charge in [-0.05, 0) is 11.8 Å². The summed E-state index contributed by atoms with van der Waals surface area (Å²) in [5.74, 6) is 1.62. The first kappa shape index (κ1) is 7.65. The fourth-order valence-corrected chi connectivity index (χ4v) is 1.64. The number of nitrogens with one attached hydrogen (secondary N) is 2. The van der Waals surface area contributed by atoms with Gasteiger partial charge in [0.05, 0.1) is 0 Å². The van der Waals surface area contributed by atoms with Gasteiger partial charge in [-0.25, -0.2) is 0 Å². The molecule has 1 unspecified atom stereocenters. The highest BCUT2D eigenvalue weighted by Crippen LogP contribution is 2.58. The average Bonchev–Trinajstić information content (AvgIpc) is 2.52. The van der Waals surface area contributed by atoms with Gasteiger partial charge in [-0.3, -0.25) is 5.10 Å². The quantitative estimate of drug-likeness (QED) is 0.703. The molecule has 1 atom stereocenters. The Bertz CT molecular complexity index is 288. The van der Waals surface area contributed by atoms with E-state index in [2.05, 4.69) is 35.4 Å². The van der Waals surface area contributed by atoms with Gasteiger partial charge in [0.2, 0.25) is 0 Å². The van der Waals surface area contributed by atoms with E-state index in [1.165, 1.54) is 12.1 Å². The molecule has 12 heavy (non-hydrogen) atoms. The van der Waals surface area contributed by atoms with Crippen LogP contribution in [0.4, 0.5) is 5.82 Å². The fraction of sp³-hybridized carbons (Fsp3) is 0.667. The maximum Gasteiger partial charge on any atom is 0.147 e. The first-order valence-electron chi connectivity index (χ1n) is 4.36. The third kappa shape index (κ3) is 1.09. The third-order valence-electron chi connectivity index (χ3n) is 2.74. The maximum atomic E-state index is 4.13. The third-order valence-corrected chi connectivity index (χ3v) is 2.74. The number of aromatic nitrogens is 2. The largest absolute Gasteiger partial charge is 0.372 e. The van der Waals surface area contributed by atoms with Crippen LogP contribution in [0.25, 0.3) is 0 Å². The molecule has 0 saturated heterocycles.